The first-order valence-corrected chi connectivity index (χ1v) is 5.59. The molecule has 0 saturated carbocycles. The molecule has 0 spiro atoms. The summed E-state index contributed by atoms with van der Waals surface area (Å²) in [7, 11) is -3.57. The number of rotatable bonds is 5. The highest BCUT2D eigenvalue weighted by Crippen LogP contribution is 2.22. The minimum atomic E-state index is -3.57. The topological polar surface area (TPSA) is 52.6 Å². The van der Waals surface area contributed by atoms with Gasteiger partial charge in [0.15, 0.2) is 6.29 Å². The molecule has 1 fully saturated rings. The van der Waals surface area contributed by atoms with Crippen molar-refractivity contribution in [2.75, 3.05) is 0 Å². The van der Waals surface area contributed by atoms with Crippen LogP contribution in [0.15, 0.2) is 0 Å². The molecule has 5 heteroatoms. The third-order valence-electron chi connectivity index (χ3n) is 1.74. The van der Waals surface area contributed by atoms with Crippen LogP contribution < -0.4 is 0 Å². The van der Waals surface area contributed by atoms with Gasteiger partial charge in [0.05, 0.1) is 0 Å². The van der Waals surface area contributed by atoms with Crippen molar-refractivity contribution in [2.24, 2.45) is 0 Å². The van der Waals surface area contributed by atoms with Crippen molar-refractivity contribution in [2.45, 2.75) is 45.3 Å². The fourth-order valence-corrected chi connectivity index (χ4v) is 1.84. The van der Waals surface area contributed by atoms with Gasteiger partial charge < -0.3 is 0 Å². The highest BCUT2D eigenvalue weighted by Gasteiger charge is 2.35. The zero-order valence-electron chi connectivity index (χ0n) is 7.15. The third-order valence-corrected chi connectivity index (χ3v) is 2.64. The normalized spacial score (nSPS) is 22.1. The van der Waals surface area contributed by atoms with Gasteiger partial charge in [-0.2, -0.15) is 8.42 Å². The van der Waals surface area contributed by atoms with Crippen LogP contribution in [0.4, 0.5) is 0 Å². The van der Waals surface area contributed by atoms with Crippen LogP contribution in [0, 0.1) is 0 Å². The maximum atomic E-state index is 10.3. The van der Waals surface area contributed by atoms with Crippen LogP contribution in [0.2, 0.25) is 0 Å². The highest BCUT2D eigenvalue weighted by molar-refractivity contribution is 7.82. The van der Waals surface area contributed by atoms with Crippen molar-refractivity contribution in [3.05, 3.63) is 0 Å². The lowest BCUT2D eigenvalue weighted by Crippen LogP contribution is -2.35. The number of unbranched alkanes of at least 4 members (excludes halogenated alkanes) is 3. The van der Waals surface area contributed by atoms with Crippen molar-refractivity contribution < 1.29 is 16.8 Å². The van der Waals surface area contributed by atoms with Gasteiger partial charge in [0.2, 0.25) is 0 Å². The summed E-state index contributed by atoms with van der Waals surface area (Å²) in [4.78, 5) is 0. The zero-order valence-corrected chi connectivity index (χ0v) is 7.97. The van der Waals surface area contributed by atoms with Crippen LogP contribution in [-0.4, -0.2) is 14.7 Å². The Labute approximate surface area is 73.2 Å². The minimum absolute atomic E-state index is 0.508. The van der Waals surface area contributed by atoms with E-state index < -0.39 is 16.7 Å². The predicted octanol–water partition coefficient (Wildman–Crippen LogP) is 1.57. The Morgan fingerprint density at radius 1 is 1.17 bits per heavy atom. The van der Waals surface area contributed by atoms with Crippen molar-refractivity contribution in [3.63, 3.8) is 0 Å². The molecule has 0 aromatic rings. The summed E-state index contributed by atoms with van der Waals surface area (Å²) in [5, 5.41) is 0. The second-order valence-corrected chi connectivity index (χ2v) is 4.08. The second-order valence-electron chi connectivity index (χ2n) is 2.88. The van der Waals surface area contributed by atoms with Crippen LogP contribution in [0.5, 0.6) is 0 Å². The SMILES string of the molecule is CCCCCCC1OS(=O)(=O)O1. The van der Waals surface area contributed by atoms with E-state index in [0.29, 0.717) is 6.42 Å². The van der Waals surface area contributed by atoms with Gasteiger partial charge in [0, 0.05) is 6.42 Å². The predicted molar refractivity (Wildman–Crippen MR) is 43.6 cm³/mol. The van der Waals surface area contributed by atoms with Gasteiger partial charge in [-0.15, -0.1) is 0 Å². The fourth-order valence-electron chi connectivity index (χ4n) is 1.10. The lowest BCUT2D eigenvalue weighted by molar-refractivity contribution is -0.0842. The molecule has 0 aromatic heterocycles. The fraction of sp³-hybridized carbons (Fsp3) is 1.00. The van der Waals surface area contributed by atoms with E-state index in [9.17, 15) is 8.42 Å². The summed E-state index contributed by atoms with van der Waals surface area (Å²) in [6.07, 6.45) is 4.60. The van der Waals surface area contributed by atoms with Gasteiger partial charge >= 0.3 is 10.4 Å². The lowest BCUT2D eigenvalue weighted by atomic mass is 10.1. The summed E-state index contributed by atoms with van der Waals surface area (Å²) in [5.74, 6) is 0. The standard InChI is InChI=1S/C7H14O4S/c1-2-3-4-5-6-7-10-12(8,9)11-7/h7H,2-6H2,1H3. The summed E-state index contributed by atoms with van der Waals surface area (Å²) in [6.45, 7) is 2.13. The molecule has 0 amide bonds. The molecule has 0 radical (unpaired) electrons. The molecule has 1 heterocycles. The second kappa shape index (κ2) is 4.20. The van der Waals surface area contributed by atoms with Crippen LogP contribution in [0.1, 0.15) is 39.0 Å². The van der Waals surface area contributed by atoms with E-state index in [-0.39, 0.29) is 0 Å². The first kappa shape index (κ1) is 9.95. The maximum Gasteiger partial charge on any atom is 0.404 e. The largest absolute Gasteiger partial charge is 0.404 e. The average Bonchev–Trinajstić information content (AvgIpc) is 1.94. The Morgan fingerprint density at radius 3 is 2.33 bits per heavy atom. The van der Waals surface area contributed by atoms with Crippen LogP contribution in [-0.2, 0) is 18.8 Å². The Morgan fingerprint density at radius 2 is 1.83 bits per heavy atom. The molecule has 1 saturated heterocycles. The van der Waals surface area contributed by atoms with Crippen LogP contribution in [0.25, 0.3) is 0 Å². The Bertz CT molecular complexity index is 210. The molecule has 4 nitrogen and oxygen atoms in total. The van der Waals surface area contributed by atoms with Gasteiger partial charge in [-0.1, -0.05) is 26.2 Å². The van der Waals surface area contributed by atoms with E-state index in [2.05, 4.69) is 15.3 Å². The molecule has 0 atom stereocenters. The summed E-state index contributed by atoms with van der Waals surface area (Å²) in [6, 6.07) is 0. The molecule has 0 N–H and O–H groups in total. The Balaban J connectivity index is 1.97. The van der Waals surface area contributed by atoms with E-state index >= 15 is 0 Å². The van der Waals surface area contributed by atoms with Crippen molar-refractivity contribution in [1.82, 2.24) is 0 Å². The third kappa shape index (κ3) is 3.08. The van der Waals surface area contributed by atoms with E-state index in [4.69, 9.17) is 0 Å². The van der Waals surface area contributed by atoms with E-state index in [1.54, 1.807) is 0 Å². The van der Waals surface area contributed by atoms with Gasteiger partial charge in [-0.3, -0.25) is 0 Å². The summed E-state index contributed by atoms with van der Waals surface area (Å²) >= 11 is 0. The molecule has 1 aliphatic rings. The molecule has 0 aliphatic carbocycles. The smallest absolute Gasteiger partial charge is 0.215 e. The molecular formula is C7H14O4S. The Hall–Kier alpha value is -0.130. The monoisotopic (exact) mass is 194 g/mol. The minimum Gasteiger partial charge on any atom is -0.215 e. The maximum absolute atomic E-state index is 10.3. The molecule has 0 bridgehead atoms. The van der Waals surface area contributed by atoms with E-state index in [0.717, 1.165) is 12.8 Å². The average molecular weight is 194 g/mol. The molecule has 1 rings (SSSR count). The quantitative estimate of drug-likeness (QED) is 0.623. The van der Waals surface area contributed by atoms with E-state index in [1.807, 2.05) is 0 Å². The van der Waals surface area contributed by atoms with Crippen molar-refractivity contribution in [1.29, 1.82) is 0 Å². The van der Waals surface area contributed by atoms with E-state index in [1.165, 1.54) is 12.8 Å². The molecule has 1 aliphatic heterocycles. The highest BCUT2D eigenvalue weighted by atomic mass is 32.3. The van der Waals surface area contributed by atoms with Gasteiger partial charge in [0.1, 0.15) is 0 Å². The molecular weight excluding hydrogens is 180 g/mol. The molecule has 0 unspecified atom stereocenters. The summed E-state index contributed by atoms with van der Waals surface area (Å²) < 4.78 is 29.6. The zero-order chi connectivity index (χ0) is 9.03. The molecule has 72 valence electrons. The first-order valence-electron chi connectivity index (χ1n) is 4.25. The number of hydrogen-bond donors (Lipinski definition) is 0. The van der Waals surface area contributed by atoms with Crippen LogP contribution in [0.3, 0.4) is 0 Å². The summed E-state index contributed by atoms with van der Waals surface area (Å²) in [5.41, 5.74) is 0. The molecule has 0 aromatic carbocycles. The van der Waals surface area contributed by atoms with Crippen LogP contribution >= 0.6 is 0 Å². The van der Waals surface area contributed by atoms with Gasteiger partial charge in [0.25, 0.3) is 0 Å². The molecule has 12 heavy (non-hydrogen) atoms. The number of hydrogen-bond acceptors (Lipinski definition) is 4. The van der Waals surface area contributed by atoms with Crippen molar-refractivity contribution >= 4 is 10.4 Å². The van der Waals surface area contributed by atoms with Gasteiger partial charge in [-0.25, -0.2) is 8.37 Å². The van der Waals surface area contributed by atoms with Gasteiger partial charge in [-0.05, 0) is 6.42 Å². The lowest BCUT2D eigenvalue weighted by Gasteiger charge is -2.24. The van der Waals surface area contributed by atoms with Crippen molar-refractivity contribution in [3.8, 4) is 0 Å². The first-order chi connectivity index (χ1) is 5.64. The Kier molecular flexibility index (Phi) is 3.49.